The largest absolute Gasteiger partial charge is 0.311 e. The van der Waals surface area contributed by atoms with Gasteiger partial charge >= 0.3 is 0 Å². The standard InChI is InChI=1S/C12H9BrCl2N2OS/c13-8-2-10(9(15)3-11(8)19-6-16)17-5-7(4-14)1-12(17)18/h2-3,7H,1,4-5H2. The van der Waals surface area contributed by atoms with Crippen LogP contribution in [0.1, 0.15) is 6.42 Å². The van der Waals surface area contributed by atoms with Crippen molar-refractivity contribution in [1.29, 1.82) is 5.26 Å². The first kappa shape index (κ1) is 15.0. The van der Waals surface area contributed by atoms with Crippen LogP contribution in [0.25, 0.3) is 0 Å². The predicted molar refractivity (Wildman–Crippen MR) is 81.8 cm³/mol. The van der Waals surface area contributed by atoms with Gasteiger partial charge in [0.05, 0.1) is 10.7 Å². The second-order valence-electron chi connectivity index (χ2n) is 4.16. The number of carbonyl (C=O) groups excluding carboxylic acids is 1. The highest BCUT2D eigenvalue weighted by Crippen LogP contribution is 2.38. The zero-order chi connectivity index (χ0) is 14.0. The summed E-state index contributed by atoms with van der Waals surface area (Å²) in [5.41, 5.74) is 0.661. The minimum atomic E-state index is 0.0279. The van der Waals surface area contributed by atoms with Gasteiger partial charge in [-0.3, -0.25) is 4.79 Å². The summed E-state index contributed by atoms with van der Waals surface area (Å²) >= 11 is 16.4. The van der Waals surface area contributed by atoms with Crippen molar-refractivity contribution in [1.82, 2.24) is 0 Å². The SMILES string of the molecule is N#CSc1cc(Cl)c(N2CC(CCl)CC2=O)cc1Br. The molecule has 0 bridgehead atoms. The number of nitrogens with zero attached hydrogens (tertiary/aromatic N) is 2. The van der Waals surface area contributed by atoms with E-state index in [4.69, 9.17) is 28.5 Å². The van der Waals surface area contributed by atoms with Crippen LogP contribution in [0.3, 0.4) is 0 Å². The summed E-state index contributed by atoms with van der Waals surface area (Å²) in [6.45, 7) is 0.583. The van der Waals surface area contributed by atoms with Gasteiger partial charge in [-0.15, -0.1) is 11.6 Å². The van der Waals surface area contributed by atoms with Crippen LogP contribution in [0.15, 0.2) is 21.5 Å². The second kappa shape index (κ2) is 6.36. The number of carbonyl (C=O) groups is 1. The van der Waals surface area contributed by atoms with Crippen LogP contribution in [0.5, 0.6) is 0 Å². The van der Waals surface area contributed by atoms with Crippen molar-refractivity contribution in [3.63, 3.8) is 0 Å². The molecule has 1 aliphatic heterocycles. The molecule has 1 heterocycles. The van der Waals surface area contributed by atoms with E-state index in [1.54, 1.807) is 17.0 Å². The van der Waals surface area contributed by atoms with Crippen molar-refractivity contribution in [3.05, 3.63) is 21.6 Å². The minimum absolute atomic E-state index is 0.0279. The molecule has 1 aliphatic rings. The molecular formula is C12H9BrCl2N2OS. The quantitative estimate of drug-likeness (QED) is 0.447. The maximum atomic E-state index is 12.0. The lowest BCUT2D eigenvalue weighted by molar-refractivity contribution is -0.117. The van der Waals surface area contributed by atoms with E-state index in [1.807, 2.05) is 5.40 Å². The number of hydrogen-bond acceptors (Lipinski definition) is 3. The molecule has 2 rings (SSSR count). The number of nitriles is 1. The maximum Gasteiger partial charge on any atom is 0.227 e. The highest BCUT2D eigenvalue weighted by molar-refractivity contribution is 9.10. The Kier molecular flexibility index (Phi) is 5.02. The van der Waals surface area contributed by atoms with Gasteiger partial charge in [-0.25, -0.2) is 0 Å². The molecule has 1 aromatic rings. The van der Waals surface area contributed by atoms with Crippen LogP contribution in [-0.4, -0.2) is 18.3 Å². The summed E-state index contributed by atoms with van der Waals surface area (Å²) in [6, 6.07) is 3.46. The number of thiocyanates is 1. The van der Waals surface area contributed by atoms with Gasteiger partial charge < -0.3 is 4.90 Å². The molecule has 0 radical (unpaired) electrons. The lowest BCUT2D eigenvalue weighted by Crippen LogP contribution is -2.25. The molecule has 0 spiro atoms. The topological polar surface area (TPSA) is 44.1 Å². The molecule has 1 aromatic carbocycles. The van der Waals surface area contributed by atoms with E-state index in [9.17, 15) is 4.79 Å². The fourth-order valence-electron chi connectivity index (χ4n) is 1.97. The van der Waals surface area contributed by atoms with E-state index in [-0.39, 0.29) is 11.8 Å². The van der Waals surface area contributed by atoms with Crippen LogP contribution >= 0.6 is 50.9 Å². The van der Waals surface area contributed by atoms with Crippen LogP contribution < -0.4 is 4.90 Å². The highest BCUT2D eigenvalue weighted by Gasteiger charge is 2.31. The van der Waals surface area contributed by atoms with Crippen LogP contribution in [-0.2, 0) is 4.79 Å². The first-order chi connectivity index (χ1) is 9.06. The third kappa shape index (κ3) is 3.19. The van der Waals surface area contributed by atoms with Crippen LogP contribution in [0.2, 0.25) is 5.02 Å². The lowest BCUT2D eigenvalue weighted by Gasteiger charge is -2.19. The predicted octanol–water partition coefficient (Wildman–Crippen LogP) is 4.27. The molecule has 19 heavy (non-hydrogen) atoms. The third-order valence-corrected chi connectivity index (χ3v) is 5.18. The van der Waals surface area contributed by atoms with Crippen LogP contribution in [0.4, 0.5) is 5.69 Å². The Balaban J connectivity index is 2.34. The summed E-state index contributed by atoms with van der Waals surface area (Å²) in [4.78, 5) is 14.3. The number of benzene rings is 1. The number of alkyl halides is 1. The molecule has 100 valence electrons. The Bertz CT molecular complexity index is 561. The number of hydrogen-bond donors (Lipinski definition) is 0. The van der Waals surface area contributed by atoms with Crippen molar-refractivity contribution in [2.45, 2.75) is 11.3 Å². The Morgan fingerprint density at radius 3 is 2.89 bits per heavy atom. The minimum Gasteiger partial charge on any atom is -0.311 e. The maximum absolute atomic E-state index is 12.0. The number of thioether (sulfide) groups is 1. The first-order valence-electron chi connectivity index (χ1n) is 5.48. The molecule has 7 heteroatoms. The van der Waals surface area contributed by atoms with Crippen LogP contribution in [0, 0.1) is 16.6 Å². The molecule has 0 N–H and O–H groups in total. The number of anilines is 1. The Morgan fingerprint density at radius 1 is 1.58 bits per heavy atom. The zero-order valence-corrected chi connectivity index (χ0v) is 13.6. The van der Waals surface area contributed by atoms with Gasteiger partial charge in [0, 0.05) is 28.2 Å². The smallest absolute Gasteiger partial charge is 0.227 e. The third-order valence-electron chi connectivity index (χ3n) is 2.87. The summed E-state index contributed by atoms with van der Waals surface area (Å²) < 4.78 is 0.751. The summed E-state index contributed by atoms with van der Waals surface area (Å²) in [6.07, 6.45) is 0.451. The number of halogens is 3. The molecule has 1 fully saturated rings. The van der Waals surface area contributed by atoms with E-state index in [0.29, 0.717) is 29.6 Å². The van der Waals surface area contributed by atoms with Gasteiger partial charge in [0.25, 0.3) is 0 Å². The van der Waals surface area contributed by atoms with Crippen molar-refractivity contribution in [3.8, 4) is 5.40 Å². The molecule has 0 saturated carbocycles. The van der Waals surface area contributed by atoms with E-state index in [1.165, 1.54) is 0 Å². The zero-order valence-electron chi connectivity index (χ0n) is 9.70. The Labute approximate surface area is 134 Å². The molecule has 0 aliphatic carbocycles. The van der Waals surface area contributed by atoms with Crippen molar-refractivity contribution in [2.75, 3.05) is 17.3 Å². The molecule has 1 amide bonds. The normalized spacial score (nSPS) is 18.7. The average Bonchev–Trinajstić information content (AvgIpc) is 2.75. The molecular weight excluding hydrogens is 371 g/mol. The van der Waals surface area contributed by atoms with Crippen molar-refractivity contribution >= 4 is 62.5 Å². The molecule has 1 atom stereocenters. The fourth-order valence-corrected chi connectivity index (χ4v) is 3.51. The van der Waals surface area contributed by atoms with Gasteiger partial charge in [0.1, 0.15) is 5.40 Å². The number of amides is 1. The average molecular weight is 380 g/mol. The van der Waals surface area contributed by atoms with E-state index in [0.717, 1.165) is 21.1 Å². The summed E-state index contributed by atoms with van der Waals surface area (Å²) in [5.74, 6) is 0.654. The molecule has 0 aromatic heterocycles. The number of rotatable bonds is 3. The van der Waals surface area contributed by atoms with E-state index in [2.05, 4.69) is 15.9 Å². The van der Waals surface area contributed by atoms with Gasteiger partial charge in [-0.2, -0.15) is 5.26 Å². The highest BCUT2D eigenvalue weighted by atomic mass is 79.9. The molecule has 1 unspecified atom stereocenters. The lowest BCUT2D eigenvalue weighted by atomic mass is 10.1. The first-order valence-corrected chi connectivity index (χ1v) is 8.00. The molecule has 3 nitrogen and oxygen atoms in total. The van der Waals surface area contributed by atoms with E-state index >= 15 is 0 Å². The van der Waals surface area contributed by atoms with Crippen molar-refractivity contribution in [2.24, 2.45) is 5.92 Å². The van der Waals surface area contributed by atoms with Gasteiger partial charge in [0.15, 0.2) is 0 Å². The Morgan fingerprint density at radius 2 is 2.32 bits per heavy atom. The van der Waals surface area contributed by atoms with Gasteiger partial charge in [-0.1, -0.05) is 11.6 Å². The Hall–Kier alpha value is -0.410. The second-order valence-corrected chi connectivity index (χ2v) is 6.55. The van der Waals surface area contributed by atoms with E-state index < -0.39 is 0 Å². The van der Waals surface area contributed by atoms with Gasteiger partial charge in [0.2, 0.25) is 5.91 Å². The molecule has 1 saturated heterocycles. The monoisotopic (exact) mass is 378 g/mol. The fraction of sp³-hybridized carbons (Fsp3) is 0.333. The van der Waals surface area contributed by atoms with Crippen molar-refractivity contribution < 1.29 is 4.79 Å². The van der Waals surface area contributed by atoms with Gasteiger partial charge in [-0.05, 0) is 45.7 Å². The summed E-state index contributed by atoms with van der Waals surface area (Å²) in [7, 11) is 0. The summed E-state index contributed by atoms with van der Waals surface area (Å²) in [5, 5.41) is 11.2.